The molecule has 2 aromatic carbocycles. The lowest BCUT2D eigenvalue weighted by Gasteiger charge is -2.31. The highest BCUT2D eigenvalue weighted by atomic mass is 32.1. The van der Waals surface area contributed by atoms with Gasteiger partial charge in [0, 0.05) is 16.7 Å². The lowest BCUT2D eigenvalue weighted by atomic mass is 9.81. The number of hydrogen-bond donors (Lipinski definition) is 4. The van der Waals surface area contributed by atoms with Crippen LogP contribution in [0.5, 0.6) is 11.5 Å². The Labute approximate surface area is 286 Å². The van der Waals surface area contributed by atoms with Crippen LogP contribution in [0.4, 0.5) is 17.6 Å². The maximum atomic E-state index is 14.8. The molecule has 6 N–H and O–H groups in total. The van der Waals surface area contributed by atoms with Crippen LogP contribution in [-0.2, 0) is 31.9 Å². The predicted octanol–water partition coefficient (Wildman–Crippen LogP) is 3.85. The maximum absolute atomic E-state index is 14.8. The van der Waals surface area contributed by atoms with Gasteiger partial charge in [0.15, 0.2) is 0 Å². The van der Waals surface area contributed by atoms with Crippen molar-refractivity contribution in [1.29, 1.82) is 0 Å². The number of carbonyl (C=O) groups is 3. The van der Waals surface area contributed by atoms with E-state index in [0.717, 1.165) is 29.5 Å². The van der Waals surface area contributed by atoms with E-state index in [1.807, 2.05) is 0 Å². The number of nitrogens with two attached hydrogens (primary N) is 2. The van der Waals surface area contributed by atoms with Crippen molar-refractivity contribution < 1.29 is 51.3 Å². The van der Waals surface area contributed by atoms with E-state index in [-0.39, 0.29) is 53.0 Å². The van der Waals surface area contributed by atoms with E-state index in [4.69, 9.17) is 25.7 Å². The van der Waals surface area contributed by atoms with Crippen LogP contribution in [0.25, 0.3) is 21.5 Å². The first kappa shape index (κ1) is 36.4. The number of esters is 1. The number of aromatic nitrogens is 2. The molecule has 50 heavy (non-hydrogen) atoms. The number of primary amides is 1. The average Bonchev–Trinajstić information content (AvgIpc) is 3.65. The summed E-state index contributed by atoms with van der Waals surface area (Å²) in [5.41, 5.74) is 5.12. The number of rotatable bonds is 11. The minimum absolute atomic E-state index is 0.0583. The third-order valence-electron chi connectivity index (χ3n) is 8.45. The number of hydrogen-bond acceptors (Lipinski definition) is 11. The first-order chi connectivity index (χ1) is 23.4. The van der Waals surface area contributed by atoms with Gasteiger partial charge in [-0.2, -0.15) is 13.2 Å². The van der Waals surface area contributed by atoms with Gasteiger partial charge in [0.05, 0.1) is 24.0 Å². The molecular formula is C33H33F4N5O7S. The molecule has 0 radical (unpaired) electrons. The molecule has 0 saturated heterocycles. The normalized spacial score (nSPS) is 17.5. The number of nitrogens with one attached hydrogen (secondary N) is 1. The number of benzene rings is 2. The van der Waals surface area contributed by atoms with E-state index in [1.54, 1.807) is 13.8 Å². The number of aliphatic hydroxyl groups is 1. The molecule has 4 aromatic rings. The van der Waals surface area contributed by atoms with Gasteiger partial charge in [-0.05, 0) is 55.3 Å². The molecule has 0 aliphatic carbocycles. The van der Waals surface area contributed by atoms with Crippen LogP contribution >= 0.6 is 11.3 Å². The Kier molecular flexibility index (Phi) is 9.79. The third kappa shape index (κ3) is 6.67. The molecule has 3 unspecified atom stereocenters. The Bertz CT molecular complexity index is 1970. The molecule has 2 aromatic heterocycles. The van der Waals surface area contributed by atoms with Crippen molar-refractivity contribution in [1.82, 2.24) is 15.3 Å². The van der Waals surface area contributed by atoms with Crippen LogP contribution in [-0.4, -0.2) is 65.3 Å². The highest BCUT2D eigenvalue weighted by molar-refractivity contribution is 7.18. The van der Waals surface area contributed by atoms with Gasteiger partial charge in [-0.1, -0.05) is 13.8 Å². The fourth-order valence-electron chi connectivity index (χ4n) is 5.14. The van der Waals surface area contributed by atoms with Crippen molar-refractivity contribution in [3.63, 3.8) is 0 Å². The van der Waals surface area contributed by atoms with E-state index in [1.165, 1.54) is 38.3 Å². The number of halogens is 4. The minimum Gasteiger partial charge on any atom is -0.494 e. The molecule has 5 rings (SSSR count). The Morgan fingerprint density at radius 1 is 1.14 bits per heavy atom. The maximum Gasteiger partial charge on any atom is 0.424 e. The molecule has 3 heterocycles. The zero-order chi connectivity index (χ0) is 36.8. The summed E-state index contributed by atoms with van der Waals surface area (Å²) in [6.45, 7) is 2.95. The number of nitrogens with zero attached hydrogens (tertiary/aromatic N) is 2. The molecule has 0 spiro atoms. The summed E-state index contributed by atoms with van der Waals surface area (Å²) >= 11 is 1.06. The van der Waals surface area contributed by atoms with E-state index in [9.17, 15) is 37.1 Å². The molecular weight excluding hydrogens is 686 g/mol. The van der Waals surface area contributed by atoms with Crippen molar-refractivity contribution in [3.8, 4) is 22.8 Å². The number of thiazole rings is 1. The van der Waals surface area contributed by atoms with Gasteiger partial charge in [0.2, 0.25) is 11.5 Å². The number of alkyl halides is 3. The fourth-order valence-corrected chi connectivity index (χ4v) is 6.08. The second-order valence-corrected chi connectivity index (χ2v) is 13.4. The van der Waals surface area contributed by atoms with Gasteiger partial charge < -0.3 is 36.1 Å². The summed E-state index contributed by atoms with van der Waals surface area (Å²) in [5.74, 6) is -3.28. The smallest absolute Gasteiger partial charge is 0.424 e. The molecule has 266 valence electrons. The van der Waals surface area contributed by atoms with E-state index in [2.05, 4.69) is 15.3 Å². The largest absolute Gasteiger partial charge is 0.494 e. The van der Waals surface area contributed by atoms with Crippen molar-refractivity contribution >= 4 is 39.3 Å². The highest BCUT2D eigenvalue weighted by Crippen LogP contribution is 2.47. The lowest BCUT2D eigenvalue weighted by molar-refractivity contribution is -0.265. The quantitative estimate of drug-likeness (QED) is 0.131. The summed E-state index contributed by atoms with van der Waals surface area (Å²) in [6, 6.07) is 7.25. The van der Waals surface area contributed by atoms with Crippen LogP contribution in [0, 0.1) is 11.7 Å². The molecule has 17 heteroatoms. The summed E-state index contributed by atoms with van der Waals surface area (Å²) in [6.07, 6.45) is -5.41. The zero-order valence-corrected chi connectivity index (χ0v) is 28.0. The SMILES string of the molecule is COc1cc(C(=O)NCC(O)(c2cc3c(c(-c4ccc(F)cc4)n2)OCC3(C)C(N)=O)C(F)(F)F)cc2sc(COC(=O)C(N)C(C)C)nc12. The molecule has 1 aliphatic rings. The first-order valence-electron chi connectivity index (χ1n) is 15.1. The van der Waals surface area contributed by atoms with Gasteiger partial charge in [-0.15, -0.1) is 11.3 Å². The predicted molar refractivity (Wildman–Crippen MR) is 173 cm³/mol. The molecule has 1 aliphatic heterocycles. The zero-order valence-electron chi connectivity index (χ0n) is 27.2. The number of carbonyl (C=O) groups excluding carboxylic acids is 3. The highest BCUT2D eigenvalue weighted by Gasteiger charge is 2.57. The number of methoxy groups -OCH3 is 1. The van der Waals surface area contributed by atoms with Crippen molar-refractivity contribution in [2.45, 2.75) is 50.6 Å². The van der Waals surface area contributed by atoms with Crippen LogP contribution in [0.3, 0.4) is 0 Å². The van der Waals surface area contributed by atoms with E-state index >= 15 is 0 Å². The monoisotopic (exact) mass is 719 g/mol. The fraction of sp³-hybridized carbons (Fsp3) is 0.364. The standard InChI is InChI=1S/C33H33F4N5O7S/c1-15(2)24(38)29(44)48-12-23-42-26-20(47-4)9-17(10-21(26)50-23)28(43)40-13-32(46,33(35,36)37)22-11-19-27(49-14-31(19,3)30(39)45)25(41-22)16-5-7-18(34)8-6-16/h5-11,15,24,46H,12-14,38H2,1-4H3,(H2,39,45)(H,40,43). The topological polar surface area (TPSA) is 189 Å². The third-order valence-corrected chi connectivity index (χ3v) is 9.42. The number of fused-ring (bicyclic) bond motifs is 2. The van der Waals surface area contributed by atoms with Crippen LogP contribution in [0.2, 0.25) is 0 Å². The van der Waals surface area contributed by atoms with E-state index in [0.29, 0.717) is 15.2 Å². The molecule has 2 amide bonds. The van der Waals surface area contributed by atoms with Crippen LogP contribution < -0.4 is 26.3 Å². The van der Waals surface area contributed by atoms with Crippen LogP contribution in [0.15, 0.2) is 42.5 Å². The molecule has 0 saturated carbocycles. The van der Waals surface area contributed by atoms with Gasteiger partial charge >= 0.3 is 12.1 Å². The van der Waals surface area contributed by atoms with Crippen molar-refractivity contribution in [3.05, 3.63) is 70.1 Å². The first-order valence-corrected chi connectivity index (χ1v) is 15.9. The number of pyridine rings is 1. The van der Waals surface area contributed by atoms with Gasteiger partial charge in [0.25, 0.3) is 5.91 Å². The summed E-state index contributed by atoms with van der Waals surface area (Å²) in [7, 11) is 1.31. The summed E-state index contributed by atoms with van der Waals surface area (Å²) in [5, 5.41) is 13.8. The summed E-state index contributed by atoms with van der Waals surface area (Å²) in [4.78, 5) is 46.5. The van der Waals surface area contributed by atoms with Crippen molar-refractivity contribution in [2.75, 3.05) is 20.3 Å². The van der Waals surface area contributed by atoms with E-state index < -0.39 is 59.1 Å². The Morgan fingerprint density at radius 3 is 2.42 bits per heavy atom. The molecule has 3 atom stereocenters. The Balaban J connectivity index is 1.48. The second-order valence-electron chi connectivity index (χ2n) is 12.3. The van der Waals surface area contributed by atoms with Gasteiger partial charge in [-0.25, -0.2) is 14.4 Å². The Morgan fingerprint density at radius 2 is 1.82 bits per heavy atom. The van der Waals surface area contributed by atoms with Gasteiger partial charge in [-0.3, -0.25) is 14.4 Å². The average molecular weight is 720 g/mol. The number of amides is 2. The molecule has 0 fully saturated rings. The minimum atomic E-state index is -5.41. The Hall–Kier alpha value is -4.87. The second kappa shape index (κ2) is 13.4. The van der Waals surface area contributed by atoms with Crippen LogP contribution in [0.1, 0.15) is 47.4 Å². The van der Waals surface area contributed by atoms with Gasteiger partial charge in [0.1, 0.15) is 58.2 Å². The molecule has 12 nitrogen and oxygen atoms in total. The summed E-state index contributed by atoms with van der Waals surface area (Å²) < 4.78 is 74.8. The number of ether oxygens (including phenoxy) is 3. The van der Waals surface area contributed by atoms with Crippen molar-refractivity contribution in [2.24, 2.45) is 17.4 Å². The molecule has 0 bridgehead atoms. The lowest BCUT2D eigenvalue weighted by Crippen LogP contribution is -2.51.